The molecule has 1 aromatic rings. The first kappa shape index (κ1) is 14.1. The summed E-state index contributed by atoms with van der Waals surface area (Å²) in [7, 11) is -3.80. The first-order valence-corrected chi connectivity index (χ1v) is 7.19. The molecule has 17 heavy (non-hydrogen) atoms. The minimum Gasteiger partial charge on any atom is -0.350 e. The number of primary sulfonamides is 1. The van der Waals surface area contributed by atoms with Crippen molar-refractivity contribution < 1.29 is 13.2 Å². The van der Waals surface area contributed by atoms with Gasteiger partial charge in [0.2, 0.25) is 10.0 Å². The molecule has 5 nitrogen and oxygen atoms in total. The van der Waals surface area contributed by atoms with Crippen LogP contribution in [0.5, 0.6) is 0 Å². The highest BCUT2D eigenvalue weighted by Crippen LogP contribution is 2.20. The van der Waals surface area contributed by atoms with E-state index < -0.39 is 10.0 Å². The summed E-state index contributed by atoms with van der Waals surface area (Å²) in [6.07, 6.45) is 0. The lowest BCUT2D eigenvalue weighted by molar-refractivity contribution is 0.0942. The summed E-state index contributed by atoms with van der Waals surface area (Å²) in [4.78, 5) is 11.7. The summed E-state index contributed by atoms with van der Waals surface area (Å²) in [6.45, 7) is 3.63. The molecule has 0 atom stereocenters. The van der Waals surface area contributed by atoms with Gasteiger partial charge in [-0.15, -0.1) is 0 Å². The van der Waals surface area contributed by atoms with E-state index in [1.54, 1.807) is 0 Å². The van der Waals surface area contributed by atoms with E-state index in [4.69, 9.17) is 5.14 Å². The molecule has 0 bridgehead atoms. The van der Waals surface area contributed by atoms with Crippen molar-refractivity contribution in [3.63, 3.8) is 0 Å². The number of nitrogens with two attached hydrogens (primary N) is 1. The van der Waals surface area contributed by atoms with Gasteiger partial charge in [0.25, 0.3) is 5.91 Å². The number of hydrogen-bond acceptors (Lipinski definition) is 3. The molecule has 0 unspecified atom stereocenters. The third kappa shape index (κ3) is 3.79. The number of amides is 1. The number of halogens is 1. The Morgan fingerprint density at radius 2 is 2.00 bits per heavy atom. The van der Waals surface area contributed by atoms with Gasteiger partial charge in [-0.2, -0.15) is 0 Å². The van der Waals surface area contributed by atoms with Crippen LogP contribution in [0.25, 0.3) is 0 Å². The summed E-state index contributed by atoms with van der Waals surface area (Å²) in [5.41, 5.74) is 0.241. The zero-order valence-electron chi connectivity index (χ0n) is 9.40. The van der Waals surface area contributed by atoms with Crippen molar-refractivity contribution in [2.45, 2.75) is 24.8 Å². The highest BCUT2D eigenvalue weighted by atomic mass is 79.9. The smallest absolute Gasteiger partial charge is 0.252 e. The minimum atomic E-state index is -3.80. The van der Waals surface area contributed by atoms with Gasteiger partial charge in [0.15, 0.2) is 0 Å². The van der Waals surface area contributed by atoms with Gasteiger partial charge in [-0.25, -0.2) is 13.6 Å². The molecular weight excluding hydrogens is 308 g/mol. The summed E-state index contributed by atoms with van der Waals surface area (Å²) in [5.74, 6) is -0.350. The van der Waals surface area contributed by atoms with Gasteiger partial charge in [0, 0.05) is 10.5 Å². The van der Waals surface area contributed by atoms with E-state index in [0.29, 0.717) is 4.47 Å². The van der Waals surface area contributed by atoms with Crippen molar-refractivity contribution in [1.29, 1.82) is 0 Å². The Bertz CT molecular complexity index is 540. The van der Waals surface area contributed by atoms with Gasteiger partial charge in [-0.3, -0.25) is 4.79 Å². The predicted octanol–water partition coefficient (Wildman–Crippen LogP) is 1.23. The monoisotopic (exact) mass is 320 g/mol. The molecule has 3 N–H and O–H groups in total. The van der Waals surface area contributed by atoms with E-state index in [1.807, 2.05) is 13.8 Å². The highest BCUT2D eigenvalue weighted by Gasteiger charge is 2.15. The molecule has 0 aromatic heterocycles. The normalized spacial score (nSPS) is 11.6. The first-order chi connectivity index (χ1) is 7.71. The molecule has 7 heteroatoms. The van der Waals surface area contributed by atoms with E-state index in [2.05, 4.69) is 21.2 Å². The van der Waals surface area contributed by atoms with Crippen LogP contribution in [0.3, 0.4) is 0 Å². The van der Waals surface area contributed by atoms with Gasteiger partial charge >= 0.3 is 0 Å². The Morgan fingerprint density at radius 1 is 1.41 bits per heavy atom. The Kier molecular flexibility index (Phi) is 4.29. The first-order valence-electron chi connectivity index (χ1n) is 4.85. The number of nitrogens with one attached hydrogen (secondary N) is 1. The Hall–Kier alpha value is -0.920. The van der Waals surface area contributed by atoms with Gasteiger partial charge in [-0.1, -0.05) is 0 Å². The fourth-order valence-electron chi connectivity index (χ4n) is 1.20. The van der Waals surface area contributed by atoms with Crippen molar-refractivity contribution >= 4 is 31.9 Å². The molecular formula is C10H13BrN2O3S. The van der Waals surface area contributed by atoms with Crippen LogP contribution in [-0.4, -0.2) is 20.4 Å². The minimum absolute atomic E-state index is 0.0347. The quantitative estimate of drug-likeness (QED) is 0.877. The van der Waals surface area contributed by atoms with E-state index in [9.17, 15) is 13.2 Å². The van der Waals surface area contributed by atoms with Gasteiger partial charge in [0.05, 0.1) is 10.5 Å². The fraction of sp³-hybridized carbons (Fsp3) is 0.300. The molecule has 1 rings (SSSR count). The zero-order valence-corrected chi connectivity index (χ0v) is 11.8. The summed E-state index contributed by atoms with van der Waals surface area (Å²) >= 11 is 3.19. The average molecular weight is 321 g/mol. The second-order valence-corrected chi connectivity index (χ2v) is 6.23. The molecule has 1 aromatic carbocycles. The summed E-state index contributed by atoms with van der Waals surface area (Å²) in [6, 6.07) is 4.03. The fourth-order valence-corrected chi connectivity index (χ4v) is 2.16. The molecule has 0 radical (unpaired) electrons. The molecule has 0 aliphatic heterocycles. The van der Waals surface area contributed by atoms with Crippen LogP contribution in [0.4, 0.5) is 0 Å². The van der Waals surface area contributed by atoms with E-state index in [0.717, 1.165) is 0 Å². The average Bonchev–Trinajstić information content (AvgIpc) is 2.15. The molecule has 0 aliphatic rings. The molecule has 1 amide bonds. The third-order valence-electron chi connectivity index (χ3n) is 1.93. The highest BCUT2D eigenvalue weighted by molar-refractivity contribution is 9.10. The van der Waals surface area contributed by atoms with Crippen molar-refractivity contribution in [3.05, 3.63) is 28.2 Å². The predicted molar refractivity (Wildman–Crippen MR) is 68.1 cm³/mol. The number of hydrogen-bond donors (Lipinski definition) is 2. The second-order valence-electron chi connectivity index (χ2n) is 3.81. The van der Waals surface area contributed by atoms with E-state index >= 15 is 0 Å². The lowest BCUT2D eigenvalue weighted by atomic mass is 10.2. The molecule has 0 fully saturated rings. The van der Waals surface area contributed by atoms with Gasteiger partial charge < -0.3 is 5.32 Å². The molecule has 0 spiro atoms. The number of rotatable bonds is 3. The number of sulfonamides is 1. The maximum atomic E-state index is 11.8. The molecule has 0 aliphatic carbocycles. The van der Waals surface area contributed by atoms with Gasteiger partial charge in [-0.05, 0) is 48.0 Å². The molecule has 94 valence electrons. The maximum absolute atomic E-state index is 11.8. The van der Waals surface area contributed by atoms with Crippen LogP contribution in [0.1, 0.15) is 24.2 Å². The number of carbonyl (C=O) groups excluding carboxylic acids is 1. The van der Waals surface area contributed by atoms with Crippen molar-refractivity contribution in [2.24, 2.45) is 5.14 Å². The lowest BCUT2D eigenvalue weighted by Crippen LogP contribution is -2.30. The lowest BCUT2D eigenvalue weighted by Gasteiger charge is -2.10. The second kappa shape index (κ2) is 5.16. The molecule has 0 saturated heterocycles. The molecule has 0 saturated carbocycles. The van der Waals surface area contributed by atoms with Crippen molar-refractivity contribution in [3.8, 4) is 0 Å². The van der Waals surface area contributed by atoms with Crippen LogP contribution in [-0.2, 0) is 10.0 Å². The Balaban J connectivity index is 3.20. The summed E-state index contributed by atoms with van der Waals surface area (Å²) in [5, 5.41) is 7.68. The van der Waals surface area contributed by atoms with E-state index in [1.165, 1.54) is 18.2 Å². The topological polar surface area (TPSA) is 89.3 Å². The van der Waals surface area contributed by atoms with Gasteiger partial charge in [0.1, 0.15) is 0 Å². The van der Waals surface area contributed by atoms with Crippen LogP contribution < -0.4 is 10.5 Å². The van der Waals surface area contributed by atoms with Crippen LogP contribution in [0.15, 0.2) is 27.6 Å². The third-order valence-corrected chi connectivity index (χ3v) is 3.53. The molecule has 0 heterocycles. The largest absolute Gasteiger partial charge is 0.350 e. The Labute approximate surface area is 109 Å². The van der Waals surface area contributed by atoms with Crippen LogP contribution in [0, 0.1) is 0 Å². The number of carbonyl (C=O) groups is 1. The van der Waals surface area contributed by atoms with Crippen molar-refractivity contribution in [2.75, 3.05) is 0 Å². The van der Waals surface area contributed by atoms with E-state index in [-0.39, 0.29) is 22.4 Å². The van der Waals surface area contributed by atoms with Crippen LogP contribution in [0.2, 0.25) is 0 Å². The standard InChI is InChI=1S/C10H13BrN2O3S/c1-6(2)13-10(14)8-5-7(17(12,15)16)3-4-9(8)11/h3-6H,1-2H3,(H,13,14)(H2,12,15,16). The van der Waals surface area contributed by atoms with Crippen LogP contribution >= 0.6 is 15.9 Å². The SMILES string of the molecule is CC(C)NC(=O)c1cc(S(N)(=O)=O)ccc1Br. The maximum Gasteiger partial charge on any atom is 0.252 e. The zero-order chi connectivity index (χ0) is 13.2. The summed E-state index contributed by atoms with van der Waals surface area (Å²) < 4.78 is 22.9. The number of benzene rings is 1. The van der Waals surface area contributed by atoms with Crippen molar-refractivity contribution in [1.82, 2.24) is 5.32 Å². The Morgan fingerprint density at radius 3 is 2.47 bits per heavy atom.